The number of fused-ring (bicyclic) bond motifs is 1. The third kappa shape index (κ3) is 3.79. The fourth-order valence-electron chi connectivity index (χ4n) is 3.20. The number of nitrogens with one attached hydrogen (secondary N) is 1. The maximum Gasteiger partial charge on any atom is 0.339 e. The summed E-state index contributed by atoms with van der Waals surface area (Å²) in [6.07, 6.45) is -0.373. The predicted octanol–water partition coefficient (Wildman–Crippen LogP) is 4.46. The van der Waals surface area contributed by atoms with Crippen LogP contribution in [0.25, 0.3) is 0 Å². The Labute approximate surface area is 154 Å². The normalized spacial score (nSPS) is 17.4. The molecule has 136 valence electrons. The van der Waals surface area contributed by atoms with Gasteiger partial charge < -0.3 is 10.1 Å². The minimum atomic E-state index is -0.505. The lowest BCUT2D eigenvalue weighted by molar-refractivity contribution is -0.123. The van der Waals surface area contributed by atoms with Crippen LogP contribution >= 0.6 is 0 Å². The van der Waals surface area contributed by atoms with Gasteiger partial charge in [0.25, 0.3) is 0 Å². The predicted molar refractivity (Wildman–Crippen MR) is 101 cm³/mol. The Balaban J connectivity index is 1.63. The number of carbonyl (C=O) groups excluding carboxylic acids is 2. The summed E-state index contributed by atoms with van der Waals surface area (Å²) in [7, 11) is 0. The number of hydrogen-bond acceptors (Lipinski definition) is 3. The van der Waals surface area contributed by atoms with Crippen LogP contribution in [-0.2, 0) is 14.9 Å². The van der Waals surface area contributed by atoms with Crippen LogP contribution in [0, 0.1) is 0 Å². The summed E-state index contributed by atoms with van der Waals surface area (Å²) in [4.78, 5) is 24.3. The molecular weight excluding hydrogens is 326 g/mol. The minimum Gasteiger partial charge on any atom is -0.453 e. The van der Waals surface area contributed by atoms with Crippen molar-refractivity contribution < 1.29 is 14.3 Å². The monoisotopic (exact) mass is 351 g/mol. The van der Waals surface area contributed by atoms with Crippen LogP contribution in [0.15, 0.2) is 48.5 Å². The van der Waals surface area contributed by atoms with Crippen LogP contribution in [-0.4, -0.2) is 11.9 Å². The summed E-state index contributed by atoms with van der Waals surface area (Å²) in [5.41, 5.74) is 3.75. The average Bonchev–Trinajstić information content (AvgIpc) is 2.90. The van der Waals surface area contributed by atoms with E-state index in [4.69, 9.17) is 4.74 Å². The van der Waals surface area contributed by atoms with Gasteiger partial charge in [-0.1, -0.05) is 63.2 Å². The quantitative estimate of drug-likeness (QED) is 0.827. The molecule has 3 rings (SSSR count). The van der Waals surface area contributed by atoms with Gasteiger partial charge in [-0.15, -0.1) is 0 Å². The van der Waals surface area contributed by atoms with Crippen molar-refractivity contribution in [2.75, 3.05) is 0 Å². The number of amides is 1. The van der Waals surface area contributed by atoms with Crippen molar-refractivity contribution in [1.29, 1.82) is 0 Å². The zero-order valence-corrected chi connectivity index (χ0v) is 15.7. The second kappa shape index (κ2) is 6.94. The maximum absolute atomic E-state index is 12.4. The fourth-order valence-corrected chi connectivity index (χ4v) is 3.20. The van der Waals surface area contributed by atoms with E-state index in [2.05, 4.69) is 50.4 Å². The van der Waals surface area contributed by atoms with E-state index < -0.39 is 6.10 Å². The molecule has 1 aliphatic heterocycles. The number of carbonyl (C=O) groups is 2. The number of rotatable bonds is 4. The van der Waals surface area contributed by atoms with Crippen LogP contribution in [0.4, 0.5) is 0 Å². The molecule has 4 heteroatoms. The van der Waals surface area contributed by atoms with E-state index in [-0.39, 0.29) is 29.8 Å². The second-order valence-electron chi connectivity index (χ2n) is 7.85. The summed E-state index contributed by atoms with van der Waals surface area (Å²) >= 11 is 0. The maximum atomic E-state index is 12.4. The largest absolute Gasteiger partial charge is 0.453 e. The van der Waals surface area contributed by atoms with Crippen molar-refractivity contribution >= 4 is 11.9 Å². The Hall–Kier alpha value is -2.62. The van der Waals surface area contributed by atoms with Crippen LogP contribution in [0.3, 0.4) is 0 Å². The molecule has 1 N–H and O–H groups in total. The van der Waals surface area contributed by atoms with Gasteiger partial charge >= 0.3 is 5.97 Å². The standard InChI is InChI=1S/C22H25NO3/c1-14(15-9-11-16(12-10-15)22(2,3)4)23-20(24)13-19-17-7-5-6-8-18(17)21(25)26-19/h5-12,14,19H,13H2,1-4H3,(H,23,24)/t14-,19+/m0/s1. The van der Waals surface area contributed by atoms with Gasteiger partial charge in [0.1, 0.15) is 6.10 Å². The molecule has 0 fully saturated rings. The first-order chi connectivity index (χ1) is 12.3. The Morgan fingerprint density at radius 3 is 2.42 bits per heavy atom. The number of cyclic esters (lactones) is 1. The third-order valence-electron chi connectivity index (χ3n) is 4.80. The van der Waals surface area contributed by atoms with Crippen LogP contribution in [0.1, 0.15) is 73.3 Å². The lowest BCUT2D eigenvalue weighted by Gasteiger charge is -2.21. The van der Waals surface area contributed by atoms with E-state index in [1.807, 2.05) is 19.1 Å². The van der Waals surface area contributed by atoms with Gasteiger partial charge in [-0.2, -0.15) is 0 Å². The summed E-state index contributed by atoms with van der Waals surface area (Å²) in [6.45, 7) is 8.48. The van der Waals surface area contributed by atoms with Crippen LogP contribution < -0.4 is 5.32 Å². The Morgan fingerprint density at radius 1 is 1.12 bits per heavy atom. The van der Waals surface area contributed by atoms with E-state index in [1.165, 1.54) is 5.56 Å². The molecule has 0 unspecified atom stereocenters. The molecule has 1 amide bonds. The molecule has 0 aromatic heterocycles. The lowest BCUT2D eigenvalue weighted by Crippen LogP contribution is -2.28. The Bertz CT molecular complexity index is 818. The molecule has 2 atom stereocenters. The van der Waals surface area contributed by atoms with Crippen molar-refractivity contribution in [3.05, 3.63) is 70.8 Å². The molecule has 4 nitrogen and oxygen atoms in total. The number of ether oxygens (including phenoxy) is 1. The number of benzene rings is 2. The SMILES string of the molecule is C[C@H](NC(=O)C[C@H]1OC(=O)c2ccccc21)c1ccc(C(C)(C)C)cc1. The van der Waals surface area contributed by atoms with Gasteiger partial charge in [-0.3, -0.25) is 4.79 Å². The molecule has 0 saturated heterocycles. The smallest absolute Gasteiger partial charge is 0.339 e. The highest BCUT2D eigenvalue weighted by molar-refractivity contribution is 5.94. The van der Waals surface area contributed by atoms with Gasteiger partial charge in [-0.05, 0) is 29.5 Å². The second-order valence-corrected chi connectivity index (χ2v) is 7.85. The molecule has 2 aromatic rings. The third-order valence-corrected chi connectivity index (χ3v) is 4.80. The number of hydrogen-bond donors (Lipinski definition) is 1. The van der Waals surface area contributed by atoms with Gasteiger partial charge in [0.2, 0.25) is 5.91 Å². The molecule has 26 heavy (non-hydrogen) atoms. The molecule has 0 spiro atoms. The van der Waals surface area contributed by atoms with Crippen molar-refractivity contribution in [1.82, 2.24) is 5.32 Å². The van der Waals surface area contributed by atoms with Gasteiger partial charge in [0.05, 0.1) is 18.0 Å². The summed E-state index contributed by atoms with van der Waals surface area (Å²) in [6, 6.07) is 15.4. The van der Waals surface area contributed by atoms with Crippen molar-refractivity contribution in [2.24, 2.45) is 0 Å². The highest BCUT2D eigenvalue weighted by Gasteiger charge is 2.32. The van der Waals surface area contributed by atoms with E-state index in [9.17, 15) is 9.59 Å². The Morgan fingerprint density at radius 2 is 1.77 bits per heavy atom. The summed E-state index contributed by atoms with van der Waals surface area (Å²) in [5, 5.41) is 3.00. The summed E-state index contributed by atoms with van der Waals surface area (Å²) < 4.78 is 5.34. The molecule has 0 radical (unpaired) electrons. The lowest BCUT2D eigenvalue weighted by atomic mass is 9.86. The van der Waals surface area contributed by atoms with Gasteiger partial charge in [0.15, 0.2) is 0 Å². The van der Waals surface area contributed by atoms with Gasteiger partial charge in [-0.25, -0.2) is 4.79 Å². The highest BCUT2D eigenvalue weighted by Crippen LogP contribution is 2.33. The van der Waals surface area contributed by atoms with Crippen LogP contribution in [0.2, 0.25) is 0 Å². The molecular formula is C22H25NO3. The molecule has 0 saturated carbocycles. The van der Waals surface area contributed by atoms with Crippen molar-refractivity contribution in [3.8, 4) is 0 Å². The van der Waals surface area contributed by atoms with E-state index in [0.717, 1.165) is 11.1 Å². The summed E-state index contributed by atoms with van der Waals surface area (Å²) in [5.74, 6) is -0.490. The molecule has 1 heterocycles. The first-order valence-electron chi connectivity index (χ1n) is 8.95. The topological polar surface area (TPSA) is 55.4 Å². The first-order valence-corrected chi connectivity index (χ1v) is 8.95. The number of esters is 1. The molecule has 0 aliphatic carbocycles. The van der Waals surface area contributed by atoms with Crippen molar-refractivity contribution in [2.45, 2.75) is 51.7 Å². The molecule has 0 bridgehead atoms. The molecule has 2 aromatic carbocycles. The molecule has 1 aliphatic rings. The fraction of sp³-hybridized carbons (Fsp3) is 0.364. The zero-order chi connectivity index (χ0) is 18.9. The average molecular weight is 351 g/mol. The van der Waals surface area contributed by atoms with E-state index in [1.54, 1.807) is 12.1 Å². The van der Waals surface area contributed by atoms with Gasteiger partial charge in [0, 0.05) is 5.56 Å². The highest BCUT2D eigenvalue weighted by atomic mass is 16.5. The zero-order valence-electron chi connectivity index (χ0n) is 15.7. The van der Waals surface area contributed by atoms with E-state index >= 15 is 0 Å². The van der Waals surface area contributed by atoms with Crippen LogP contribution in [0.5, 0.6) is 0 Å². The van der Waals surface area contributed by atoms with Crippen molar-refractivity contribution in [3.63, 3.8) is 0 Å². The Kier molecular flexibility index (Phi) is 4.86. The van der Waals surface area contributed by atoms with E-state index in [0.29, 0.717) is 5.56 Å². The first kappa shape index (κ1) is 18.2. The minimum absolute atomic E-state index is 0.102.